The Morgan fingerprint density at radius 3 is 2.36 bits per heavy atom. The third-order valence-electron chi connectivity index (χ3n) is 3.48. The number of amides is 2. The first-order valence-corrected chi connectivity index (χ1v) is 7.57. The SMILES string of the molecule is CN(C=O)c1c(Br)cccc1N(C)C(CCC=O)N(C)C=O. The number of halogens is 1. The van der Waals surface area contributed by atoms with Gasteiger partial charge in [0.1, 0.15) is 12.5 Å². The molecular formula is C15H20BrN3O3. The summed E-state index contributed by atoms with van der Waals surface area (Å²) in [5.41, 5.74) is 1.49. The maximum Gasteiger partial charge on any atom is 0.213 e. The maximum absolute atomic E-state index is 11.1. The summed E-state index contributed by atoms with van der Waals surface area (Å²) in [4.78, 5) is 37.8. The van der Waals surface area contributed by atoms with E-state index < -0.39 is 0 Å². The highest BCUT2D eigenvalue weighted by molar-refractivity contribution is 9.10. The van der Waals surface area contributed by atoms with E-state index in [1.54, 1.807) is 14.1 Å². The highest BCUT2D eigenvalue weighted by Crippen LogP contribution is 2.36. The van der Waals surface area contributed by atoms with Gasteiger partial charge < -0.3 is 19.5 Å². The molecule has 0 aromatic heterocycles. The van der Waals surface area contributed by atoms with Crippen LogP contribution in [0, 0.1) is 0 Å². The minimum Gasteiger partial charge on any atom is -0.352 e. The first kappa shape index (κ1) is 18.2. The van der Waals surface area contributed by atoms with Crippen LogP contribution in [0.1, 0.15) is 12.8 Å². The highest BCUT2D eigenvalue weighted by atomic mass is 79.9. The van der Waals surface area contributed by atoms with Crippen LogP contribution in [-0.2, 0) is 14.4 Å². The van der Waals surface area contributed by atoms with Crippen molar-refractivity contribution in [1.29, 1.82) is 0 Å². The molecule has 0 aliphatic rings. The standard InChI is InChI=1S/C15H20BrN3O3/c1-17(10-21)14(8-5-9-20)19(3)13-7-4-6-12(16)15(13)18(2)11-22/h4,6-7,9-11,14H,5,8H2,1-3H3. The molecule has 0 fully saturated rings. The predicted octanol–water partition coefficient (Wildman–Crippen LogP) is 1.87. The topological polar surface area (TPSA) is 60.9 Å². The molecule has 1 rings (SSSR count). The van der Waals surface area contributed by atoms with E-state index in [0.717, 1.165) is 29.3 Å². The second-order valence-corrected chi connectivity index (χ2v) is 5.78. The van der Waals surface area contributed by atoms with Crippen LogP contribution >= 0.6 is 15.9 Å². The molecule has 0 spiro atoms. The number of benzene rings is 1. The maximum atomic E-state index is 11.1. The van der Waals surface area contributed by atoms with Gasteiger partial charge in [0.15, 0.2) is 0 Å². The third kappa shape index (κ3) is 4.07. The van der Waals surface area contributed by atoms with E-state index in [2.05, 4.69) is 15.9 Å². The molecular weight excluding hydrogens is 350 g/mol. The largest absolute Gasteiger partial charge is 0.352 e. The quantitative estimate of drug-likeness (QED) is 0.492. The molecule has 0 heterocycles. The van der Waals surface area contributed by atoms with Crippen LogP contribution in [0.4, 0.5) is 11.4 Å². The summed E-state index contributed by atoms with van der Waals surface area (Å²) in [6.45, 7) is 0. The van der Waals surface area contributed by atoms with Crippen LogP contribution in [0.25, 0.3) is 0 Å². The summed E-state index contributed by atoms with van der Waals surface area (Å²) < 4.78 is 0.773. The lowest BCUT2D eigenvalue weighted by Crippen LogP contribution is -2.44. The number of anilines is 2. The van der Waals surface area contributed by atoms with Crippen molar-refractivity contribution in [1.82, 2.24) is 4.90 Å². The molecule has 1 aromatic carbocycles. The average Bonchev–Trinajstić information content (AvgIpc) is 2.53. The lowest BCUT2D eigenvalue weighted by Gasteiger charge is -2.36. The first-order chi connectivity index (χ1) is 10.5. The Balaban J connectivity index is 3.25. The molecule has 0 radical (unpaired) electrons. The van der Waals surface area contributed by atoms with Gasteiger partial charge in [-0.2, -0.15) is 0 Å². The van der Waals surface area contributed by atoms with E-state index in [1.807, 2.05) is 30.1 Å². The van der Waals surface area contributed by atoms with Crippen molar-refractivity contribution in [2.24, 2.45) is 0 Å². The van der Waals surface area contributed by atoms with Crippen LogP contribution in [0.3, 0.4) is 0 Å². The van der Waals surface area contributed by atoms with Gasteiger partial charge in [-0.15, -0.1) is 0 Å². The van der Waals surface area contributed by atoms with Crippen molar-refractivity contribution in [3.8, 4) is 0 Å². The van der Waals surface area contributed by atoms with Gasteiger partial charge in [0.25, 0.3) is 0 Å². The second kappa shape index (κ2) is 8.53. The van der Waals surface area contributed by atoms with Gasteiger partial charge in [0.05, 0.1) is 11.4 Å². The van der Waals surface area contributed by atoms with Gasteiger partial charge >= 0.3 is 0 Å². The summed E-state index contributed by atoms with van der Waals surface area (Å²) in [5.74, 6) is 0. The van der Waals surface area contributed by atoms with Crippen LogP contribution in [-0.4, -0.2) is 51.3 Å². The molecule has 1 aromatic rings. The lowest BCUT2D eigenvalue weighted by molar-refractivity contribution is -0.119. The molecule has 1 unspecified atom stereocenters. The molecule has 1 atom stereocenters. The zero-order chi connectivity index (χ0) is 16.7. The number of hydrogen-bond acceptors (Lipinski definition) is 4. The number of hydrogen-bond donors (Lipinski definition) is 0. The Kier molecular flexibility index (Phi) is 7.04. The van der Waals surface area contributed by atoms with E-state index >= 15 is 0 Å². The van der Waals surface area contributed by atoms with Crippen LogP contribution in [0.15, 0.2) is 22.7 Å². The number of rotatable bonds is 9. The minimum absolute atomic E-state index is 0.282. The number of carbonyl (C=O) groups excluding carboxylic acids is 3. The van der Waals surface area contributed by atoms with E-state index in [1.165, 1.54) is 9.80 Å². The number of aldehydes is 1. The summed E-state index contributed by atoms with van der Waals surface area (Å²) in [6.07, 6.45) is 2.86. The Hall–Kier alpha value is -1.89. The van der Waals surface area contributed by atoms with Crippen LogP contribution in [0.5, 0.6) is 0 Å². The fraction of sp³-hybridized carbons (Fsp3) is 0.400. The summed E-state index contributed by atoms with van der Waals surface area (Å²) >= 11 is 3.45. The number of nitrogens with zero attached hydrogens (tertiary/aromatic N) is 3. The fourth-order valence-corrected chi connectivity index (χ4v) is 2.94. The van der Waals surface area contributed by atoms with Crippen molar-refractivity contribution in [3.05, 3.63) is 22.7 Å². The van der Waals surface area contributed by atoms with Crippen molar-refractivity contribution in [2.75, 3.05) is 30.9 Å². The normalized spacial score (nSPS) is 11.5. The Labute approximate surface area is 138 Å². The molecule has 120 valence electrons. The van der Waals surface area contributed by atoms with Gasteiger partial charge in [-0.25, -0.2) is 0 Å². The van der Waals surface area contributed by atoms with Gasteiger partial charge in [0, 0.05) is 32.0 Å². The van der Waals surface area contributed by atoms with Gasteiger partial charge in [0.2, 0.25) is 12.8 Å². The van der Waals surface area contributed by atoms with E-state index in [0.29, 0.717) is 18.5 Å². The Morgan fingerprint density at radius 1 is 1.14 bits per heavy atom. The molecule has 2 amide bonds. The number of carbonyl (C=O) groups is 3. The van der Waals surface area contributed by atoms with Crippen molar-refractivity contribution < 1.29 is 14.4 Å². The molecule has 7 heteroatoms. The Morgan fingerprint density at radius 2 is 1.82 bits per heavy atom. The molecule has 0 bridgehead atoms. The van der Waals surface area contributed by atoms with Gasteiger partial charge in [-0.1, -0.05) is 6.07 Å². The number of para-hydroxylation sites is 1. The van der Waals surface area contributed by atoms with Crippen molar-refractivity contribution in [2.45, 2.75) is 19.0 Å². The average molecular weight is 370 g/mol. The van der Waals surface area contributed by atoms with Crippen LogP contribution < -0.4 is 9.80 Å². The summed E-state index contributed by atoms with van der Waals surface area (Å²) in [5, 5.41) is 0. The monoisotopic (exact) mass is 369 g/mol. The lowest BCUT2D eigenvalue weighted by atomic mass is 10.1. The van der Waals surface area contributed by atoms with Gasteiger partial charge in [-0.05, 0) is 34.5 Å². The van der Waals surface area contributed by atoms with Gasteiger partial charge in [-0.3, -0.25) is 9.59 Å². The predicted molar refractivity (Wildman–Crippen MR) is 89.9 cm³/mol. The van der Waals surface area contributed by atoms with E-state index in [-0.39, 0.29) is 6.17 Å². The highest BCUT2D eigenvalue weighted by Gasteiger charge is 2.23. The minimum atomic E-state index is -0.282. The van der Waals surface area contributed by atoms with E-state index in [9.17, 15) is 14.4 Å². The zero-order valence-electron chi connectivity index (χ0n) is 12.9. The molecule has 0 aliphatic heterocycles. The Bertz CT molecular complexity index is 539. The second-order valence-electron chi connectivity index (χ2n) is 4.93. The molecule has 0 aliphatic carbocycles. The molecule has 6 nitrogen and oxygen atoms in total. The zero-order valence-corrected chi connectivity index (χ0v) is 14.5. The molecule has 0 saturated heterocycles. The van der Waals surface area contributed by atoms with Crippen molar-refractivity contribution >= 4 is 46.4 Å². The van der Waals surface area contributed by atoms with Crippen LogP contribution in [0.2, 0.25) is 0 Å². The first-order valence-electron chi connectivity index (χ1n) is 6.78. The summed E-state index contributed by atoms with van der Waals surface area (Å²) in [6, 6.07) is 5.57. The van der Waals surface area contributed by atoms with Crippen molar-refractivity contribution in [3.63, 3.8) is 0 Å². The molecule has 0 saturated carbocycles. The van der Waals surface area contributed by atoms with E-state index in [4.69, 9.17) is 0 Å². The molecule has 22 heavy (non-hydrogen) atoms. The molecule has 0 N–H and O–H groups in total. The smallest absolute Gasteiger partial charge is 0.213 e. The fourth-order valence-electron chi connectivity index (χ4n) is 2.31. The third-order valence-corrected chi connectivity index (χ3v) is 4.12. The summed E-state index contributed by atoms with van der Waals surface area (Å²) in [7, 11) is 5.16.